The highest BCUT2D eigenvalue weighted by molar-refractivity contribution is 6.08. The summed E-state index contributed by atoms with van der Waals surface area (Å²) in [7, 11) is 2.67. The number of rotatable bonds is 4. The van der Waals surface area contributed by atoms with Crippen molar-refractivity contribution >= 4 is 28.6 Å². The molecule has 0 saturated carbocycles. The first-order valence-corrected chi connectivity index (χ1v) is 7.84. The molecule has 0 radical (unpaired) electrons. The molecule has 6 heteroatoms. The van der Waals surface area contributed by atoms with Crippen molar-refractivity contribution in [2.75, 3.05) is 20.8 Å². The highest BCUT2D eigenvalue weighted by atomic mass is 16.5. The standard InChI is InChI=1S/C15H15NO3.C4H8O2/c1-10-7-8-13(12-6-4-3-5-11(10)12)15(18)16-9-14(17)19-2;1-3-4(5)6-2/h3-8H,9H2,1-2H3,(H,16,18);3H2,1-2H3. The minimum atomic E-state index is -0.468. The average molecular weight is 345 g/mol. The van der Waals surface area contributed by atoms with E-state index in [-0.39, 0.29) is 18.4 Å². The van der Waals surface area contributed by atoms with Crippen LogP contribution in [0.4, 0.5) is 0 Å². The van der Waals surface area contributed by atoms with Crippen LogP contribution in [0.15, 0.2) is 36.4 Å². The zero-order chi connectivity index (χ0) is 18.8. The van der Waals surface area contributed by atoms with Gasteiger partial charge in [-0.25, -0.2) is 0 Å². The van der Waals surface area contributed by atoms with Crippen LogP contribution in [0.1, 0.15) is 29.3 Å². The maximum Gasteiger partial charge on any atom is 0.325 e. The summed E-state index contributed by atoms with van der Waals surface area (Å²) >= 11 is 0. The summed E-state index contributed by atoms with van der Waals surface area (Å²) in [6.07, 6.45) is 0.469. The van der Waals surface area contributed by atoms with E-state index in [1.54, 1.807) is 13.0 Å². The number of esters is 2. The molecule has 0 atom stereocenters. The van der Waals surface area contributed by atoms with Gasteiger partial charge in [-0.05, 0) is 29.3 Å². The number of ether oxygens (including phenoxy) is 2. The summed E-state index contributed by atoms with van der Waals surface area (Å²) in [4.78, 5) is 33.1. The summed E-state index contributed by atoms with van der Waals surface area (Å²) < 4.78 is 8.75. The fourth-order valence-corrected chi connectivity index (χ4v) is 2.11. The van der Waals surface area contributed by atoms with E-state index in [2.05, 4.69) is 14.8 Å². The van der Waals surface area contributed by atoms with Gasteiger partial charge in [0.1, 0.15) is 6.54 Å². The van der Waals surface area contributed by atoms with Gasteiger partial charge in [0.2, 0.25) is 0 Å². The Hall–Kier alpha value is -2.89. The van der Waals surface area contributed by atoms with Gasteiger partial charge in [-0.1, -0.05) is 37.3 Å². The normalized spacial score (nSPS) is 9.60. The van der Waals surface area contributed by atoms with Crippen LogP contribution < -0.4 is 5.32 Å². The third-order valence-corrected chi connectivity index (χ3v) is 3.52. The minimum absolute atomic E-state index is 0.127. The second-order valence-corrected chi connectivity index (χ2v) is 5.16. The van der Waals surface area contributed by atoms with Crippen LogP contribution in [0, 0.1) is 6.92 Å². The Balaban J connectivity index is 0.000000450. The van der Waals surface area contributed by atoms with E-state index < -0.39 is 5.97 Å². The van der Waals surface area contributed by atoms with Crippen molar-refractivity contribution in [1.82, 2.24) is 5.32 Å². The molecule has 1 N–H and O–H groups in total. The maximum atomic E-state index is 12.1. The van der Waals surface area contributed by atoms with E-state index >= 15 is 0 Å². The molecule has 0 saturated heterocycles. The Bertz CT molecular complexity index is 749. The van der Waals surface area contributed by atoms with E-state index in [9.17, 15) is 14.4 Å². The molecule has 2 aromatic rings. The van der Waals surface area contributed by atoms with Gasteiger partial charge in [-0.2, -0.15) is 0 Å². The number of hydrogen-bond donors (Lipinski definition) is 1. The molecule has 0 bridgehead atoms. The van der Waals surface area contributed by atoms with Gasteiger partial charge >= 0.3 is 11.9 Å². The Labute approximate surface area is 147 Å². The molecular formula is C19H23NO5. The Morgan fingerprint density at radius 2 is 1.52 bits per heavy atom. The first kappa shape index (κ1) is 20.2. The number of carbonyl (C=O) groups excluding carboxylic acids is 3. The third kappa shape index (κ3) is 5.91. The average Bonchev–Trinajstić information content (AvgIpc) is 2.66. The monoisotopic (exact) mass is 345 g/mol. The third-order valence-electron chi connectivity index (χ3n) is 3.52. The van der Waals surface area contributed by atoms with Gasteiger partial charge in [0.25, 0.3) is 5.91 Å². The van der Waals surface area contributed by atoms with E-state index in [1.165, 1.54) is 14.2 Å². The smallest absolute Gasteiger partial charge is 0.325 e. The highest BCUT2D eigenvalue weighted by Gasteiger charge is 2.12. The van der Waals surface area contributed by atoms with Gasteiger partial charge in [0.15, 0.2) is 0 Å². The molecule has 25 heavy (non-hydrogen) atoms. The SMILES string of the molecule is CCC(=O)OC.COC(=O)CNC(=O)c1ccc(C)c2ccccc12. The molecule has 0 heterocycles. The van der Waals surface area contributed by atoms with E-state index in [0.29, 0.717) is 12.0 Å². The van der Waals surface area contributed by atoms with Crippen molar-refractivity contribution in [3.05, 3.63) is 47.5 Å². The minimum Gasteiger partial charge on any atom is -0.469 e. The van der Waals surface area contributed by atoms with E-state index in [4.69, 9.17) is 0 Å². The first-order valence-electron chi connectivity index (χ1n) is 7.84. The predicted molar refractivity (Wildman–Crippen MR) is 95.3 cm³/mol. The molecular weight excluding hydrogens is 322 g/mol. The van der Waals surface area contributed by atoms with Crippen LogP contribution in [0.2, 0.25) is 0 Å². The van der Waals surface area contributed by atoms with E-state index in [0.717, 1.165) is 16.3 Å². The summed E-state index contributed by atoms with van der Waals surface area (Å²) in [6.45, 7) is 3.63. The number of hydrogen-bond acceptors (Lipinski definition) is 5. The summed E-state index contributed by atoms with van der Waals surface area (Å²) in [5.74, 6) is -0.902. The lowest BCUT2D eigenvalue weighted by atomic mass is 10.00. The zero-order valence-electron chi connectivity index (χ0n) is 14.9. The summed E-state index contributed by atoms with van der Waals surface area (Å²) in [6, 6.07) is 11.4. The topological polar surface area (TPSA) is 81.7 Å². The Morgan fingerprint density at radius 3 is 2.04 bits per heavy atom. The van der Waals surface area contributed by atoms with Gasteiger partial charge in [-0.15, -0.1) is 0 Å². The molecule has 0 unspecified atom stereocenters. The number of fused-ring (bicyclic) bond motifs is 1. The number of methoxy groups -OCH3 is 2. The molecule has 0 aliphatic carbocycles. The van der Waals surface area contributed by atoms with Crippen LogP contribution in [-0.4, -0.2) is 38.6 Å². The summed E-state index contributed by atoms with van der Waals surface area (Å²) in [5.41, 5.74) is 1.67. The Kier molecular flexibility index (Phi) is 8.12. The number of carbonyl (C=O) groups is 3. The highest BCUT2D eigenvalue weighted by Crippen LogP contribution is 2.22. The predicted octanol–water partition coefficient (Wildman–Crippen LogP) is 2.62. The van der Waals surface area contributed by atoms with Gasteiger partial charge < -0.3 is 14.8 Å². The van der Waals surface area contributed by atoms with Gasteiger partial charge in [-0.3, -0.25) is 14.4 Å². The number of nitrogens with one attached hydrogen (secondary N) is 1. The number of amides is 1. The molecule has 0 fully saturated rings. The molecule has 0 aromatic heterocycles. The van der Waals surface area contributed by atoms with Crippen molar-refractivity contribution in [3.8, 4) is 0 Å². The van der Waals surface area contributed by atoms with Crippen LogP contribution >= 0.6 is 0 Å². The maximum absolute atomic E-state index is 12.1. The van der Waals surface area contributed by atoms with Crippen LogP contribution in [0.3, 0.4) is 0 Å². The van der Waals surface area contributed by atoms with Gasteiger partial charge in [0.05, 0.1) is 14.2 Å². The Morgan fingerprint density at radius 1 is 0.920 bits per heavy atom. The van der Waals surface area contributed by atoms with Crippen molar-refractivity contribution in [2.45, 2.75) is 20.3 Å². The lowest BCUT2D eigenvalue weighted by Gasteiger charge is -2.09. The fraction of sp³-hybridized carbons (Fsp3) is 0.316. The fourth-order valence-electron chi connectivity index (χ4n) is 2.11. The van der Waals surface area contributed by atoms with Crippen LogP contribution in [0.5, 0.6) is 0 Å². The molecule has 0 aliphatic rings. The largest absolute Gasteiger partial charge is 0.469 e. The van der Waals surface area contributed by atoms with Crippen molar-refractivity contribution < 1.29 is 23.9 Å². The number of aryl methyl sites for hydroxylation is 1. The second kappa shape index (κ2) is 10.1. The molecule has 0 spiro atoms. The van der Waals surface area contributed by atoms with Crippen LogP contribution in [0.25, 0.3) is 10.8 Å². The molecule has 1 amide bonds. The van der Waals surface area contributed by atoms with Crippen molar-refractivity contribution in [3.63, 3.8) is 0 Å². The lowest BCUT2D eigenvalue weighted by molar-refractivity contribution is -0.140. The quantitative estimate of drug-likeness (QED) is 0.862. The van der Waals surface area contributed by atoms with Crippen LogP contribution in [-0.2, 0) is 19.1 Å². The van der Waals surface area contributed by atoms with Crippen molar-refractivity contribution in [2.24, 2.45) is 0 Å². The lowest BCUT2D eigenvalue weighted by Crippen LogP contribution is -2.30. The molecule has 2 aromatic carbocycles. The first-order chi connectivity index (χ1) is 11.9. The molecule has 0 aliphatic heterocycles. The van der Waals surface area contributed by atoms with E-state index in [1.807, 2.05) is 37.3 Å². The number of benzene rings is 2. The molecule has 134 valence electrons. The van der Waals surface area contributed by atoms with Gasteiger partial charge in [0, 0.05) is 12.0 Å². The molecule has 2 rings (SSSR count). The van der Waals surface area contributed by atoms with Crippen molar-refractivity contribution in [1.29, 1.82) is 0 Å². The second-order valence-electron chi connectivity index (χ2n) is 5.16. The summed E-state index contributed by atoms with van der Waals surface area (Å²) in [5, 5.41) is 4.46. The molecule has 6 nitrogen and oxygen atoms in total. The zero-order valence-corrected chi connectivity index (χ0v) is 14.9.